The third-order valence-corrected chi connectivity index (χ3v) is 3.00. The minimum absolute atomic E-state index is 0.0354. The lowest BCUT2D eigenvalue weighted by Crippen LogP contribution is -2.32. The maximum atomic E-state index is 12.1. The van der Waals surface area contributed by atoms with Crippen LogP contribution in [0.3, 0.4) is 0 Å². The fourth-order valence-corrected chi connectivity index (χ4v) is 1.63. The number of hydrogen-bond acceptors (Lipinski definition) is 3. The highest BCUT2D eigenvalue weighted by Gasteiger charge is 2.14. The van der Waals surface area contributed by atoms with Crippen LogP contribution in [0.1, 0.15) is 43.5 Å². The number of carboxylic acid groups (broad SMARTS) is 1. The number of benzene rings is 1. The number of carbonyl (C=O) groups excluding carboxylic acids is 2. The van der Waals surface area contributed by atoms with Gasteiger partial charge in [0.05, 0.1) is 17.7 Å². The molecule has 0 aliphatic carbocycles. The highest BCUT2D eigenvalue weighted by molar-refractivity contribution is 6.04. The Morgan fingerprint density at radius 2 is 1.86 bits per heavy atom. The van der Waals surface area contributed by atoms with Crippen molar-refractivity contribution in [1.82, 2.24) is 5.32 Å². The van der Waals surface area contributed by atoms with Crippen molar-refractivity contribution in [2.75, 3.05) is 5.32 Å². The summed E-state index contributed by atoms with van der Waals surface area (Å²) in [6.07, 6.45) is 0.433. The van der Waals surface area contributed by atoms with Gasteiger partial charge in [-0.15, -0.1) is 0 Å². The van der Waals surface area contributed by atoms with Gasteiger partial charge in [-0.3, -0.25) is 14.4 Å². The highest BCUT2D eigenvalue weighted by Crippen LogP contribution is 2.16. The second-order valence-electron chi connectivity index (χ2n) is 4.77. The number of aliphatic carboxylic acids is 1. The molecule has 0 heterocycles. The van der Waals surface area contributed by atoms with Crippen LogP contribution in [-0.4, -0.2) is 28.9 Å². The maximum Gasteiger partial charge on any atom is 0.303 e. The largest absolute Gasteiger partial charge is 0.481 e. The molecule has 0 spiro atoms. The van der Waals surface area contributed by atoms with Gasteiger partial charge in [0.15, 0.2) is 0 Å². The highest BCUT2D eigenvalue weighted by atomic mass is 16.4. The van der Waals surface area contributed by atoms with Crippen molar-refractivity contribution in [2.24, 2.45) is 0 Å². The maximum absolute atomic E-state index is 12.1. The van der Waals surface area contributed by atoms with E-state index in [1.165, 1.54) is 0 Å². The second kappa shape index (κ2) is 8.04. The molecule has 0 unspecified atom stereocenters. The molecule has 2 amide bonds. The van der Waals surface area contributed by atoms with E-state index in [4.69, 9.17) is 5.11 Å². The molecule has 1 atom stereocenters. The van der Waals surface area contributed by atoms with Crippen molar-refractivity contribution in [3.05, 3.63) is 29.8 Å². The monoisotopic (exact) mass is 292 g/mol. The Morgan fingerprint density at radius 3 is 2.48 bits per heavy atom. The van der Waals surface area contributed by atoms with Crippen LogP contribution >= 0.6 is 0 Å². The molecule has 0 radical (unpaired) electrons. The fraction of sp³-hybridized carbons (Fsp3) is 0.400. The molecule has 114 valence electrons. The first kappa shape index (κ1) is 16.7. The van der Waals surface area contributed by atoms with Gasteiger partial charge in [-0.25, -0.2) is 0 Å². The number of para-hydroxylation sites is 1. The lowest BCUT2D eigenvalue weighted by Gasteiger charge is -2.14. The minimum Gasteiger partial charge on any atom is -0.481 e. The van der Waals surface area contributed by atoms with E-state index in [2.05, 4.69) is 10.6 Å². The van der Waals surface area contributed by atoms with Crippen molar-refractivity contribution in [3.8, 4) is 0 Å². The van der Waals surface area contributed by atoms with E-state index < -0.39 is 11.9 Å². The molecule has 6 heteroatoms. The normalized spacial score (nSPS) is 11.5. The zero-order valence-electron chi connectivity index (χ0n) is 12.2. The van der Waals surface area contributed by atoms with Crippen molar-refractivity contribution in [3.63, 3.8) is 0 Å². The third-order valence-electron chi connectivity index (χ3n) is 3.00. The molecule has 0 saturated heterocycles. The molecule has 0 aromatic heterocycles. The summed E-state index contributed by atoms with van der Waals surface area (Å²) in [5, 5.41) is 14.0. The van der Waals surface area contributed by atoms with E-state index >= 15 is 0 Å². The molecule has 1 rings (SSSR count). The molecule has 21 heavy (non-hydrogen) atoms. The van der Waals surface area contributed by atoms with Gasteiger partial charge in [-0.2, -0.15) is 0 Å². The van der Waals surface area contributed by atoms with Crippen LogP contribution in [0.4, 0.5) is 5.69 Å². The molecule has 1 aromatic rings. The van der Waals surface area contributed by atoms with Crippen molar-refractivity contribution in [1.29, 1.82) is 0 Å². The van der Waals surface area contributed by atoms with Gasteiger partial charge in [-0.1, -0.05) is 19.1 Å². The lowest BCUT2D eigenvalue weighted by molar-refractivity contribution is -0.138. The number of carbonyl (C=O) groups is 3. The summed E-state index contributed by atoms with van der Waals surface area (Å²) in [4.78, 5) is 34.2. The summed E-state index contributed by atoms with van der Waals surface area (Å²) in [5.74, 6) is -1.73. The van der Waals surface area contributed by atoms with Gasteiger partial charge >= 0.3 is 5.97 Å². The summed E-state index contributed by atoms with van der Waals surface area (Å²) >= 11 is 0. The molecule has 0 aliphatic rings. The van der Waals surface area contributed by atoms with E-state index in [-0.39, 0.29) is 24.8 Å². The molecule has 6 nitrogen and oxygen atoms in total. The topological polar surface area (TPSA) is 95.5 Å². The molecule has 3 N–H and O–H groups in total. The van der Waals surface area contributed by atoms with Crippen LogP contribution in [0.5, 0.6) is 0 Å². The van der Waals surface area contributed by atoms with Crippen LogP contribution in [0.2, 0.25) is 0 Å². The number of anilines is 1. The summed E-state index contributed by atoms with van der Waals surface area (Å²) in [6, 6.07) is 6.67. The molecule has 1 aromatic carbocycles. The Morgan fingerprint density at radius 1 is 1.19 bits per heavy atom. The Kier molecular flexibility index (Phi) is 6.39. The first-order chi connectivity index (χ1) is 9.93. The molecule has 0 saturated carbocycles. The van der Waals surface area contributed by atoms with Gasteiger partial charge in [0, 0.05) is 12.5 Å². The van der Waals surface area contributed by atoms with Gasteiger partial charge in [-0.05, 0) is 25.5 Å². The van der Waals surface area contributed by atoms with Gasteiger partial charge in [0.1, 0.15) is 0 Å². The average Bonchev–Trinajstić information content (AvgIpc) is 2.45. The Bertz CT molecular complexity index is 528. The van der Waals surface area contributed by atoms with Crippen molar-refractivity contribution in [2.45, 2.75) is 39.2 Å². The molecule has 0 bridgehead atoms. The van der Waals surface area contributed by atoms with Crippen LogP contribution in [0, 0.1) is 0 Å². The van der Waals surface area contributed by atoms with Crippen molar-refractivity contribution >= 4 is 23.5 Å². The van der Waals surface area contributed by atoms with E-state index in [1.807, 2.05) is 13.8 Å². The quantitative estimate of drug-likeness (QED) is 0.716. The first-order valence-electron chi connectivity index (χ1n) is 6.85. The standard InChI is InChI=1S/C15H20N2O4/c1-3-10(2)16-15(21)11-6-4-5-7-12(11)17-13(18)8-9-14(19)20/h4-7,10H,3,8-9H2,1-2H3,(H,16,21)(H,17,18)(H,19,20)/t10-/m0/s1. The number of hydrogen-bond donors (Lipinski definition) is 3. The van der Waals surface area contributed by atoms with E-state index in [0.29, 0.717) is 11.3 Å². The Balaban J connectivity index is 2.77. The van der Waals surface area contributed by atoms with Gasteiger partial charge in [0.2, 0.25) is 5.91 Å². The van der Waals surface area contributed by atoms with Crippen molar-refractivity contribution < 1.29 is 19.5 Å². The number of rotatable bonds is 7. The first-order valence-corrected chi connectivity index (χ1v) is 6.85. The molecular weight excluding hydrogens is 272 g/mol. The molecule has 0 aliphatic heterocycles. The zero-order valence-corrected chi connectivity index (χ0v) is 12.2. The van der Waals surface area contributed by atoms with E-state index in [1.54, 1.807) is 24.3 Å². The third kappa shape index (κ3) is 5.64. The van der Waals surface area contributed by atoms with Crippen LogP contribution in [0.15, 0.2) is 24.3 Å². The lowest BCUT2D eigenvalue weighted by atomic mass is 10.1. The number of carboxylic acids is 1. The Hall–Kier alpha value is -2.37. The summed E-state index contributed by atoms with van der Waals surface area (Å²) in [7, 11) is 0. The number of nitrogens with one attached hydrogen (secondary N) is 2. The predicted octanol–water partition coefficient (Wildman–Crippen LogP) is 2.02. The zero-order chi connectivity index (χ0) is 15.8. The molecular formula is C15H20N2O4. The number of amides is 2. The van der Waals surface area contributed by atoms with Gasteiger partial charge < -0.3 is 15.7 Å². The van der Waals surface area contributed by atoms with E-state index in [9.17, 15) is 14.4 Å². The smallest absolute Gasteiger partial charge is 0.303 e. The average molecular weight is 292 g/mol. The molecule has 0 fully saturated rings. The fourth-order valence-electron chi connectivity index (χ4n) is 1.63. The minimum atomic E-state index is -1.03. The van der Waals surface area contributed by atoms with Crippen LogP contribution in [-0.2, 0) is 9.59 Å². The van der Waals surface area contributed by atoms with E-state index in [0.717, 1.165) is 6.42 Å². The van der Waals surface area contributed by atoms with Gasteiger partial charge in [0.25, 0.3) is 5.91 Å². The summed E-state index contributed by atoms with van der Waals surface area (Å²) in [6.45, 7) is 3.86. The predicted molar refractivity (Wildman–Crippen MR) is 79.2 cm³/mol. The second-order valence-corrected chi connectivity index (χ2v) is 4.77. The SMILES string of the molecule is CC[C@H](C)NC(=O)c1ccccc1NC(=O)CCC(=O)O. The summed E-state index contributed by atoms with van der Waals surface area (Å²) in [5.41, 5.74) is 0.746. The summed E-state index contributed by atoms with van der Waals surface area (Å²) < 4.78 is 0. The van der Waals surface area contributed by atoms with Crippen LogP contribution in [0.25, 0.3) is 0 Å². The van der Waals surface area contributed by atoms with Crippen LogP contribution < -0.4 is 10.6 Å². The Labute approximate surface area is 123 Å².